The molecule has 1 aromatic heterocycles. The van der Waals surface area contributed by atoms with Gasteiger partial charge < -0.3 is 15.6 Å². The lowest BCUT2D eigenvalue weighted by Gasteiger charge is -1.89. The summed E-state index contributed by atoms with van der Waals surface area (Å²) in [6, 6.07) is 0. The first-order chi connectivity index (χ1) is 7.70. The third kappa shape index (κ3) is 6.38. The van der Waals surface area contributed by atoms with Gasteiger partial charge in [0.15, 0.2) is 5.82 Å². The minimum atomic E-state index is -0.713. The van der Waals surface area contributed by atoms with Crippen LogP contribution in [-0.2, 0) is 4.74 Å². The number of aliphatic hydroxyl groups is 1. The summed E-state index contributed by atoms with van der Waals surface area (Å²) >= 11 is 1.85. The smallest absolute Gasteiger partial charge is 0.346 e. The van der Waals surface area contributed by atoms with Crippen molar-refractivity contribution < 1.29 is 14.2 Å². The molecule has 1 aliphatic rings. The molecular formula is C8H14FN3O3S. The zero-order valence-corrected chi connectivity index (χ0v) is 9.59. The van der Waals surface area contributed by atoms with Crippen molar-refractivity contribution in [3.05, 3.63) is 22.5 Å². The molecule has 8 heteroatoms. The molecule has 2 rings (SSSR count). The number of nitrogens with zero attached hydrogens (tertiary/aromatic N) is 1. The Morgan fingerprint density at radius 3 is 2.69 bits per heavy atom. The van der Waals surface area contributed by atoms with Gasteiger partial charge in [0.1, 0.15) is 5.82 Å². The molecule has 0 spiro atoms. The van der Waals surface area contributed by atoms with Crippen LogP contribution in [0.1, 0.15) is 0 Å². The second-order valence-corrected chi connectivity index (χ2v) is 3.44. The number of anilines is 1. The van der Waals surface area contributed by atoms with Gasteiger partial charge in [0, 0.05) is 12.9 Å². The molecule has 0 amide bonds. The summed E-state index contributed by atoms with van der Waals surface area (Å²) in [6.45, 7) is 0.963. The lowest BCUT2D eigenvalue weighted by Crippen LogP contribution is -2.12. The molecule has 4 N–H and O–H groups in total. The summed E-state index contributed by atoms with van der Waals surface area (Å²) in [5.74, 6) is 1.12. The van der Waals surface area contributed by atoms with E-state index >= 15 is 0 Å². The summed E-state index contributed by atoms with van der Waals surface area (Å²) in [6.07, 6.45) is 0.772. The van der Waals surface area contributed by atoms with Crippen LogP contribution < -0.4 is 11.4 Å². The first-order valence-corrected chi connectivity index (χ1v) is 5.46. The van der Waals surface area contributed by atoms with Crippen molar-refractivity contribution >= 4 is 17.6 Å². The van der Waals surface area contributed by atoms with Crippen LogP contribution in [0.2, 0.25) is 0 Å². The quantitative estimate of drug-likeness (QED) is 0.590. The number of aromatic nitrogens is 2. The molecule has 1 aromatic rings. The van der Waals surface area contributed by atoms with Gasteiger partial charge in [-0.3, -0.25) is 4.98 Å². The van der Waals surface area contributed by atoms with Crippen molar-refractivity contribution in [3.63, 3.8) is 0 Å². The lowest BCUT2D eigenvalue weighted by molar-refractivity contribution is 0.217. The highest BCUT2D eigenvalue weighted by molar-refractivity contribution is 7.99. The van der Waals surface area contributed by atoms with Gasteiger partial charge in [-0.2, -0.15) is 4.98 Å². The molecule has 0 atom stereocenters. The van der Waals surface area contributed by atoms with Crippen LogP contribution in [0.5, 0.6) is 0 Å². The Balaban J connectivity index is 0.000000272. The Labute approximate surface area is 96.0 Å². The van der Waals surface area contributed by atoms with Crippen molar-refractivity contribution in [2.45, 2.75) is 0 Å². The average molecular weight is 251 g/mol. The Bertz CT molecular complexity index is 336. The van der Waals surface area contributed by atoms with Gasteiger partial charge in [-0.25, -0.2) is 9.18 Å². The maximum absolute atomic E-state index is 12.1. The molecule has 6 nitrogen and oxygen atoms in total. The summed E-state index contributed by atoms with van der Waals surface area (Å²) < 4.78 is 17.0. The number of H-pyrrole nitrogens is 1. The van der Waals surface area contributed by atoms with E-state index in [0.29, 0.717) is 0 Å². The lowest BCUT2D eigenvalue weighted by atomic mass is 10.6. The van der Waals surface area contributed by atoms with Crippen molar-refractivity contribution in [1.29, 1.82) is 0 Å². The van der Waals surface area contributed by atoms with E-state index in [1.165, 1.54) is 5.75 Å². The fourth-order valence-electron chi connectivity index (χ4n) is 0.687. The van der Waals surface area contributed by atoms with Gasteiger partial charge in [0.05, 0.1) is 18.7 Å². The number of rotatable bonds is 0. The second kappa shape index (κ2) is 9.13. The number of thioether (sulfide) groups is 1. The molecule has 0 aliphatic carbocycles. The third-order valence-electron chi connectivity index (χ3n) is 1.33. The van der Waals surface area contributed by atoms with Crippen LogP contribution in [0.4, 0.5) is 10.2 Å². The van der Waals surface area contributed by atoms with Crippen LogP contribution in [0, 0.1) is 5.82 Å². The first-order valence-electron chi connectivity index (χ1n) is 4.30. The minimum absolute atomic E-state index is 0.282. The average Bonchev–Trinajstić information content (AvgIpc) is 2.85. The van der Waals surface area contributed by atoms with Crippen molar-refractivity contribution in [1.82, 2.24) is 9.97 Å². The molecule has 0 radical (unpaired) electrons. The number of hydrogen-bond donors (Lipinski definition) is 3. The van der Waals surface area contributed by atoms with E-state index in [2.05, 4.69) is 4.98 Å². The number of halogens is 1. The van der Waals surface area contributed by atoms with Gasteiger partial charge in [-0.15, -0.1) is 11.8 Å². The Morgan fingerprint density at radius 1 is 1.69 bits per heavy atom. The number of aromatic amines is 1. The van der Waals surface area contributed by atoms with E-state index in [0.717, 1.165) is 25.9 Å². The molecule has 2 heterocycles. The standard InChI is InChI=1S/C4H4FN3O.C3H6OS.CH4O/c5-2-1-7-4(9)8-3(2)6;1-2-5-3-4-1;1-2/h1H,(H3,6,7,8,9);1-3H2;2H,1H3. The normalized spacial score (nSPS) is 13.2. The van der Waals surface area contributed by atoms with Crippen LogP contribution >= 0.6 is 11.8 Å². The zero-order chi connectivity index (χ0) is 12.4. The SMILES string of the molecule is C1CSCO1.CO.Nc1[nH]c(=O)ncc1F. The first kappa shape index (κ1) is 14.9. The topological polar surface area (TPSA) is 101 Å². The summed E-state index contributed by atoms with van der Waals surface area (Å²) in [7, 11) is 1.00. The van der Waals surface area contributed by atoms with Gasteiger partial charge in [0.25, 0.3) is 0 Å². The highest BCUT2D eigenvalue weighted by Gasteiger charge is 1.95. The van der Waals surface area contributed by atoms with Crippen LogP contribution in [-0.4, -0.2) is 40.5 Å². The van der Waals surface area contributed by atoms with E-state index in [9.17, 15) is 9.18 Å². The molecule has 92 valence electrons. The molecule has 16 heavy (non-hydrogen) atoms. The molecule has 1 aliphatic heterocycles. The van der Waals surface area contributed by atoms with Gasteiger partial charge in [0.2, 0.25) is 0 Å². The number of aliphatic hydroxyl groups excluding tert-OH is 1. The third-order valence-corrected chi connectivity index (χ3v) is 2.12. The van der Waals surface area contributed by atoms with Crippen LogP contribution in [0.15, 0.2) is 11.0 Å². The van der Waals surface area contributed by atoms with E-state index in [1.54, 1.807) is 0 Å². The van der Waals surface area contributed by atoms with Gasteiger partial charge in [-0.1, -0.05) is 0 Å². The molecule has 0 unspecified atom stereocenters. The fourth-order valence-corrected chi connectivity index (χ4v) is 1.28. The molecule has 0 saturated carbocycles. The minimum Gasteiger partial charge on any atom is -0.400 e. The van der Waals surface area contributed by atoms with E-state index in [4.69, 9.17) is 15.6 Å². The summed E-state index contributed by atoms with van der Waals surface area (Å²) in [5, 5.41) is 7.00. The monoisotopic (exact) mass is 251 g/mol. The predicted molar refractivity (Wildman–Crippen MR) is 60.6 cm³/mol. The number of nitrogens with two attached hydrogens (primary N) is 1. The van der Waals surface area contributed by atoms with Crippen molar-refractivity contribution in [2.24, 2.45) is 0 Å². The maximum Gasteiger partial charge on any atom is 0.346 e. The molecule has 1 saturated heterocycles. The molecule has 1 fully saturated rings. The molecular weight excluding hydrogens is 237 g/mol. The van der Waals surface area contributed by atoms with Crippen LogP contribution in [0.3, 0.4) is 0 Å². The van der Waals surface area contributed by atoms with Crippen molar-refractivity contribution in [2.75, 3.05) is 31.1 Å². The Morgan fingerprint density at radius 2 is 2.38 bits per heavy atom. The molecule has 0 aromatic carbocycles. The zero-order valence-electron chi connectivity index (χ0n) is 8.77. The van der Waals surface area contributed by atoms with E-state index < -0.39 is 11.5 Å². The number of nitrogens with one attached hydrogen (secondary N) is 1. The number of nitrogen functional groups attached to an aromatic ring is 1. The fraction of sp³-hybridized carbons (Fsp3) is 0.500. The van der Waals surface area contributed by atoms with E-state index in [-0.39, 0.29) is 5.82 Å². The Hall–Kier alpha value is -1.12. The Kier molecular flexibility index (Phi) is 8.49. The van der Waals surface area contributed by atoms with Crippen molar-refractivity contribution in [3.8, 4) is 0 Å². The summed E-state index contributed by atoms with van der Waals surface area (Å²) in [4.78, 5) is 15.3. The highest BCUT2D eigenvalue weighted by atomic mass is 32.2. The highest BCUT2D eigenvalue weighted by Crippen LogP contribution is 2.06. The maximum atomic E-state index is 12.1. The predicted octanol–water partition coefficient (Wildman–Crippen LogP) is -0.193. The summed E-state index contributed by atoms with van der Waals surface area (Å²) in [5.41, 5.74) is 4.31. The van der Waals surface area contributed by atoms with Crippen LogP contribution in [0.25, 0.3) is 0 Å². The number of ether oxygens (including phenoxy) is 1. The second-order valence-electron chi connectivity index (χ2n) is 2.38. The molecule has 0 bridgehead atoms. The van der Waals surface area contributed by atoms with Gasteiger partial charge >= 0.3 is 5.69 Å². The largest absolute Gasteiger partial charge is 0.400 e. The van der Waals surface area contributed by atoms with E-state index in [1.807, 2.05) is 16.7 Å². The van der Waals surface area contributed by atoms with Gasteiger partial charge in [-0.05, 0) is 0 Å². The number of hydrogen-bond acceptors (Lipinski definition) is 6.